The third-order valence-electron chi connectivity index (χ3n) is 6.33. The number of aryl methyl sites for hydroxylation is 1. The highest BCUT2D eigenvalue weighted by atomic mass is 19.1. The van der Waals surface area contributed by atoms with E-state index in [0.717, 1.165) is 61.3 Å². The monoisotopic (exact) mass is 431 g/mol. The molecule has 1 fully saturated rings. The highest BCUT2D eigenvalue weighted by Gasteiger charge is 2.28. The van der Waals surface area contributed by atoms with Crippen molar-refractivity contribution in [3.63, 3.8) is 0 Å². The number of rotatable bonds is 7. The Bertz CT molecular complexity index is 1010. The molecule has 1 amide bonds. The van der Waals surface area contributed by atoms with Crippen LogP contribution < -0.4 is 5.32 Å². The summed E-state index contributed by atoms with van der Waals surface area (Å²) in [6, 6.07) is 20.5. The Morgan fingerprint density at radius 3 is 2.47 bits per heavy atom. The molecule has 1 unspecified atom stereocenters. The summed E-state index contributed by atoms with van der Waals surface area (Å²) in [4.78, 5) is 20.2. The third-order valence-corrected chi connectivity index (χ3v) is 6.33. The van der Waals surface area contributed by atoms with E-state index in [1.807, 2.05) is 61.5 Å². The smallest absolute Gasteiger partial charge is 0.224 e. The van der Waals surface area contributed by atoms with Crippen LogP contribution in [0.3, 0.4) is 0 Å². The summed E-state index contributed by atoms with van der Waals surface area (Å²) < 4.78 is 13.1. The molecule has 1 N–H and O–H groups in total. The SMILES string of the molecule is Cc1cccnc1C(NC(=O)C1CCN(CCc2ccc(F)cc2)CC1)c1ccccc1. The Balaban J connectivity index is 1.35. The first-order valence-corrected chi connectivity index (χ1v) is 11.3. The quantitative estimate of drug-likeness (QED) is 0.590. The molecule has 32 heavy (non-hydrogen) atoms. The van der Waals surface area contributed by atoms with Gasteiger partial charge in [-0.15, -0.1) is 0 Å². The molecule has 166 valence electrons. The molecule has 1 atom stereocenters. The van der Waals surface area contributed by atoms with Crippen LogP contribution in [0.5, 0.6) is 0 Å². The van der Waals surface area contributed by atoms with E-state index in [4.69, 9.17) is 0 Å². The molecule has 1 aromatic heterocycles. The number of hydrogen-bond donors (Lipinski definition) is 1. The lowest BCUT2D eigenvalue weighted by Crippen LogP contribution is -2.42. The molecular formula is C27H30FN3O. The highest BCUT2D eigenvalue weighted by Crippen LogP contribution is 2.25. The summed E-state index contributed by atoms with van der Waals surface area (Å²) in [5.41, 5.74) is 4.14. The fraction of sp³-hybridized carbons (Fsp3) is 0.333. The van der Waals surface area contributed by atoms with Gasteiger partial charge >= 0.3 is 0 Å². The van der Waals surface area contributed by atoms with E-state index in [1.54, 1.807) is 6.20 Å². The molecule has 4 nitrogen and oxygen atoms in total. The van der Waals surface area contributed by atoms with Crippen LogP contribution in [0.4, 0.5) is 4.39 Å². The van der Waals surface area contributed by atoms with Gasteiger partial charge in [-0.05, 0) is 74.2 Å². The van der Waals surface area contributed by atoms with Crippen LogP contribution in [0.2, 0.25) is 0 Å². The standard InChI is InChI=1S/C27H30FN3O/c1-20-6-5-16-29-25(20)26(22-7-3-2-4-8-22)30-27(32)23-14-18-31(19-15-23)17-13-21-9-11-24(28)12-10-21/h2-12,16,23,26H,13-15,17-19H2,1H3,(H,30,32). The summed E-state index contributed by atoms with van der Waals surface area (Å²) in [7, 11) is 0. The highest BCUT2D eigenvalue weighted by molar-refractivity contribution is 5.79. The fourth-order valence-corrected chi connectivity index (χ4v) is 4.37. The Kier molecular flexibility index (Phi) is 7.28. The number of benzene rings is 2. The van der Waals surface area contributed by atoms with E-state index < -0.39 is 0 Å². The number of nitrogens with zero attached hydrogens (tertiary/aromatic N) is 2. The van der Waals surface area contributed by atoms with Crippen molar-refractivity contribution in [2.75, 3.05) is 19.6 Å². The summed E-state index contributed by atoms with van der Waals surface area (Å²) in [5.74, 6) is -0.0929. The van der Waals surface area contributed by atoms with Gasteiger partial charge in [-0.1, -0.05) is 48.5 Å². The predicted molar refractivity (Wildman–Crippen MR) is 125 cm³/mol. The van der Waals surface area contributed by atoms with Gasteiger partial charge in [-0.3, -0.25) is 9.78 Å². The largest absolute Gasteiger partial charge is 0.343 e. The molecule has 3 aromatic rings. The lowest BCUT2D eigenvalue weighted by atomic mass is 9.93. The van der Waals surface area contributed by atoms with Crippen LogP contribution in [-0.2, 0) is 11.2 Å². The molecule has 2 heterocycles. The Morgan fingerprint density at radius 1 is 1.06 bits per heavy atom. The maximum atomic E-state index is 13.2. The van der Waals surface area contributed by atoms with Crippen molar-refractivity contribution in [1.82, 2.24) is 15.2 Å². The van der Waals surface area contributed by atoms with Crippen LogP contribution in [-0.4, -0.2) is 35.4 Å². The van der Waals surface area contributed by atoms with Crippen LogP contribution >= 0.6 is 0 Å². The number of likely N-dealkylation sites (tertiary alicyclic amines) is 1. The Morgan fingerprint density at radius 2 is 1.78 bits per heavy atom. The van der Waals surface area contributed by atoms with E-state index in [0.29, 0.717) is 0 Å². The third kappa shape index (κ3) is 5.60. The van der Waals surface area contributed by atoms with E-state index in [9.17, 15) is 9.18 Å². The number of halogens is 1. The lowest BCUT2D eigenvalue weighted by molar-refractivity contribution is -0.127. The molecule has 0 spiro atoms. The minimum atomic E-state index is -0.249. The zero-order chi connectivity index (χ0) is 22.3. The van der Waals surface area contributed by atoms with Crippen LogP contribution in [0.1, 0.15) is 41.3 Å². The molecular weight excluding hydrogens is 401 g/mol. The van der Waals surface area contributed by atoms with Gasteiger partial charge in [0.05, 0.1) is 11.7 Å². The lowest BCUT2D eigenvalue weighted by Gasteiger charge is -2.32. The molecule has 1 aliphatic rings. The summed E-state index contributed by atoms with van der Waals surface area (Å²) in [6.45, 7) is 4.76. The zero-order valence-electron chi connectivity index (χ0n) is 18.5. The number of carbonyl (C=O) groups is 1. The van der Waals surface area contributed by atoms with Gasteiger partial charge in [-0.2, -0.15) is 0 Å². The zero-order valence-corrected chi connectivity index (χ0v) is 18.5. The molecule has 4 rings (SSSR count). The van der Waals surface area contributed by atoms with Gasteiger partial charge in [0.2, 0.25) is 5.91 Å². The van der Waals surface area contributed by atoms with E-state index in [2.05, 4.69) is 15.2 Å². The number of nitrogens with one attached hydrogen (secondary N) is 1. The van der Waals surface area contributed by atoms with E-state index in [1.165, 1.54) is 12.1 Å². The van der Waals surface area contributed by atoms with Gasteiger partial charge < -0.3 is 10.2 Å². The molecule has 1 saturated heterocycles. The van der Waals surface area contributed by atoms with Crippen LogP contribution in [0.15, 0.2) is 72.9 Å². The van der Waals surface area contributed by atoms with E-state index >= 15 is 0 Å². The van der Waals surface area contributed by atoms with Crippen molar-refractivity contribution in [1.29, 1.82) is 0 Å². The fourth-order valence-electron chi connectivity index (χ4n) is 4.37. The van der Waals surface area contributed by atoms with E-state index in [-0.39, 0.29) is 23.7 Å². The normalized spacial score (nSPS) is 15.9. The topological polar surface area (TPSA) is 45.2 Å². The minimum Gasteiger partial charge on any atom is -0.343 e. The molecule has 0 aliphatic carbocycles. The Labute approximate surface area is 189 Å². The first-order chi connectivity index (χ1) is 15.6. The molecule has 2 aromatic carbocycles. The number of carbonyl (C=O) groups excluding carboxylic acids is 1. The number of pyridine rings is 1. The second-order valence-corrected chi connectivity index (χ2v) is 8.55. The molecule has 0 bridgehead atoms. The van der Waals surface area contributed by atoms with Crippen LogP contribution in [0.25, 0.3) is 0 Å². The Hall–Kier alpha value is -3.05. The molecule has 0 radical (unpaired) electrons. The van der Waals surface area contributed by atoms with Crippen molar-refractivity contribution in [3.05, 3.63) is 101 Å². The molecule has 1 aliphatic heterocycles. The van der Waals surface area contributed by atoms with Crippen molar-refractivity contribution in [2.24, 2.45) is 5.92 Å². The summed E-state index contributed by atoms with van der Waals surface area (Å²) in [5, 5.41) is 3.28. The van der Waals surface area contributed by atoms with Gasteiger partial charge in [0.15, 0.2) is 0 Å². The first kappa shape index (κ1) is 22.2. The maximum Gasteiger partial charge on any atom is 0.224 e. The molecule has 0 saturated carbocycles. The van der Waals surface area contributed by atoms with Gasteiger partial charge in [-0.25, -0.2) is 4.39 Å². The van der Waals surface area contributed by atoms with Crippen molar-refractivity contribution >= 4 is 5.91 Å². The first-order valence-electron chi connectivity index (χ1n) is 11.3. The predicted octanol–water partition coefficient (Wildman–Crippen LogP) is 4.69. The average molecular weight is 432 g/mol. The number of hydrogen-bond acceptors (Lipinski definition) is 3. The maximum absolute atomic E-state index is 13.2. The summed E-state index contributed by atoms with van der Waals surface area (Å²) >= 11 is 0. The van der Waals surface area contributed by atoms with Gasteiger partial charge in [0.25, 0.3) is 0 Å². The average Bonchev–Trinajstić information content (AvgIpc) is 2.83. The van der Waals surface area contributed by atoms with Crippen molar-refractivity contribution < 1.29 is 9.18 Å². The summed E-state index contributed by atoms with van der Waals surface area (Å²) in [6.07, 6.45) is 4.37. The van der Waals surface area contributed by atoms with Crippen molar-refractivity contribution in [3.8, 4) is 0 Å². The van der Waals surface area contributed by atoms with Crippen LogP contribution in [0, 0.1) is 18.7 Å². The van der Waals surface area contributed by atoms with Gasteiger partial charge in [0, 0.05) is 18.7 Å². The minimum absolute atomic E-state index is 0.00676. The van der Waals surface area contributed by atoms with Gasteiger partial charge in [0.1, 0.15) is 5.82 Å². The number of piperidine rings is 1. The van der Waals surface area contributed by atoms with Crippen molar-refractivity contribution in [2.45, 2.75) is 32.2 Å². The second-order valence-electron chi connectivity index (χ2n) is 8.55. The molecule has 5 heteroatoms. The number of amides is 1. The second kappa shape index (κ2) is 10.5. The number of aromatic nitrogens is 1.